The number of halogens is 2. The van der Waals surface area contributed by atoms with Crippen LogP contribution in [0.4, 0.5) is 0 Å². The van der Waals surface area contributed by atoms with Gasteiger partial charge >= 0.3 is 0 Å². The molecule has 1 aliphatic carbocycles. The monoisotopic (exact) mass is 245 g/mol. The van der Waals surface area contributed by atoms with E-state index < -0.39 is 0 Å². The highest BCUT2D eigenvalue weighted by atomic mass is 35.5. The fraction of sp³-hybridized carbons (Fsp3) is 0.455. The molecule has 1 atom stereocenters. The molecule has 2 nitrogen and oxygen atoms in total. The Hall–Kier alpha value is -0.280. The van der Waals surface area contributed by atoms with Gasteiger partial charge < -0.3 is 10.8 Å². The van der Waals surface area contributed by atoms with Gasteiger partial charge in [0.15, 0.2) is 0 Å². The van der Waals surface area contributed by atoms with Crippen molar-refractivity contribution in [3.05, 3.63) is 33.8 Å². The van der Waals surface area contributed by atoms with Crippen molar-refractivity contribution in [1.82, 2.24) is 0 Å². The second-order valence-corrected chi connectivity index (χ2v) is 4.99. The first-order valence-electron chi connectivity index (χ1n) is 4.90. The highest BCUT2D eigenvalue weighted by Crippen LogP contribution is 2.53. The molecule has 0 heterocycles. The van der Waals surface area contributed by atoms with E-state index in [0.717, 1.165) is 18.4 Å². The van der Waals surface area contributed by atoms with E-state index >= 15 is 0 Å². The maximum Gasteiger partial charge on any atom is 0.0595 e. The zero-order chi connectivity index (χ0) is 11.1. The van der Waals surface area contributed by atoms with E-state index in [1.807, 2.05) is 6.07 Å². The Morgan fingerprint density at radius 1 is 1.33 bits per heavy atom. The fourth-order valence-corrected chi connectivity index (χ4v) is 2.09. The molecule has 1 saturated carbocycles. The molecule has 1 unspecified atom stereocenters. The van der Waals surface area contributed by atoms with E-state index in [9.17, 15) is 5.11 Å². The molecular weight excluding hydrogens is 233 g/mol. The first kappa shape index (κ1) is 11.2. The Kier molecular flexibility index (Phi) is 2.95. The van der Waals surface area contributed by atoms with E-state index in [2.05, 4.69) is 0 Å². The van der Waals surface area contributed by atoms with Crippen LogP contribution in [0.1, 0.15) is 24.4 Å². The van der Waals surface area contributed by atoms with Gasteiger partial charge in [0, 0.05) is 11.5 Å². The molecule has 82 valence electrons. The molecular formula is C11H13Cl2NO. The molecule has 0 bridgehead atoms. The highest BCUT2D eigenvalue weighted by molar-refractivity contribution is 6.42. The molecule has 1 aliphatic rings. The van der Waals surface area contributed by atoms with Crippen molar-refractivity contribution in [1.29, 1.82) is 0 Å². The minimum atomic E-state index is -0.155. The van der Waals surface area contributed by atoms with Crippen LogP contribution < -0.4 is 5.73 Å². The first-order valence-corrected chi connectivity index (χ1v) is 5.66. The molecule has 1 aromatic rings. The van der Waals surface area contributed by atoms with Crippen LogP contribution in [0.2, 0.25) is 10.0 Å². The number of hydrogen-bond donors (Lipinski definition) is 2. The van der Waals surface area contributed by atoms with Gasteiger partial charge in [0.25, 0.3) is 0 Å². The van der Waals surface area contributed by atoms with Crippen LogP contribution in [0, 0.1) is 5.41 Å². The van der Waals surface area contributed by atoms with Crippen LogP contribution >= 0.6 is 23.2 Å². The standard InChI is InChI=1S/C11H13Cl2NO/c12-8-2-1-7(5-9(8)13)10(14)11(6-15)3-4-11/h1-2,5,10,15H,3-4,6,14H2. The number of benzene rings is 1. The summed E-state index contributed by atoms with van der Waals surface area (Å²) in [6.45, 7) is 0.133. The molecule has 0 amide bonds. The molecule has 0 spiro atoms. The second kappa shape index (κ2) is 3.95. The van der Waals surface area contributed by atoms with E-state index in [1.54, 1.807) is 12.1 Å². The SMILES string of the molecule is NC(c1ccc(Cl)c(Cl)c1)C1(CO)CC1. The minimum Gasteiger partial charge on any atom is -0.396 e. The summed E-state index contributed by atoms with van der Waals surface area (Å²) in [5.41, 5.74) is 6.92. The molecule has 4 heteroatoms. The van der Waals surface area contributed by atoms with Crippen LogP contribution in [0.3, 0.4) is 0 Å². The number of rotatable bonds is 3. The van der Waals surface area contributed by atoms with Crippen LogP contribution in [0.15, 0.2) is 18.2 Å². The second-order valence-electron chi connectivity index (χ2n) is 4.17. The summed E-state index contributed by atoms with van der Waals surface area (Å²) in [7, 11) is 0. The predicted molar refractivity (Wildman–Crippen MR) is 62.1 cm³/mol. The summed E-state index contributed by atoms with van der Waals surface area (Å²) >= 11 is 11.7. The molecule has 0 saturated heterocycles. The lowest BCUT2D eigenvalue weighted by Gasteiger charge is -2.21. The largest absolute Gasteiger partial charge is 0.396 e. The third kappa shape index (κ3) is 2.00. The number of aliphatic hydroxyl groups is 1. The Balaban J connectivity index is 2.26. The Bertz CT molecular complexity index is 377. The van der Waals surface area contributed by atoms with Crippen molar-refractivity contribution < 1.29 is 5.11 Å². The van der Waals surface area contributed by atoms with Crippen molar-refractivity contribution >= 4 is 23.2 Å². The summed E-state index contributed by atoms with van der Waals surface area (Å²) < 4.78 is 0. The third-order valence-electron chi connectivity index (χ3n) is 3.17. The maximum absolute atomic E-state index is 9.27. The summed E-state index contributed by atoms with van der Waals surface area (Å²) in [5, 5.41) is 10.3. The highest BCUT2D eigenvalue weighted by Gasteiger charge is 2.47. The molecule has 0 radical (unpaired) electrons. The lowest BCUT2D eigenvalue weighted by molar-refractivity contribution is 0.188. The summed E-state index contributed by atoms with van der Waals surface area (Å²) in [6, 6.07) is 5.24. The van der Waals surface area contributed by atoms with Crippen LogP contribution in [0.25, 0.3) is 0 Å². The maximum atomic E-state index is 9.27. The fourth-order valence-electron chi connectivity index (χ4n) is 1.79. The van der Waals surface area contributed by atoms with E-state index in [-0.39, 0.29) is 18.1 Å². The minimum absolute atomic E-state index is 0.128. The van der Waals surface area contributed by atoms with Gasteiger partial charge in [-0.3, -0.25) is 0 Å². The van der Waals surface area contributed by atoms with Gasteiger partial charge in [-0.1, -0.05) is 29.3 Å². The Morgan fingerprint density at radius 2 is 2.00 bits per heavy atom. The van der Waals surface area contributed by atoms with Gasteiger partial charge in [0.2, 0.25) is 0 Å². The van der Waals surface area contributed by atoms with E-state index in [1.165, 1.54) is 0 Å². The quantitative estimate of drug-likeness (QED) is 0.861. The van der Waals surface area contributed by atoms with Crippen molar-refractivity contribution in [3.8, 4) is 0 Å². The summed E-state index contributed by atoms with van der Waals surface area (Å²) in [4.78, 5) is 0. The summed E-state index contributed by atoms with van der Waals surface area (Å²) in [5.74, 6) is 0. The van der Waals surface area contributed by atoms with E-state index in [0.29, 0.717) is 10.0 Å². The number of nitrogens with two attached hydrogens (primary N) is 1. The molecule has 15 heavy (non-hydrogen) atoms. The van der Waals surface area contributed by atoms with Crippen LogP contribution in [-0.2, 0) is 0 Å². The van der Waals surface area contributed by atoms with Gasteiger partial charge in [-0.25, -0.2) is 0 Å². The van der Waals surface area contributed by atoms with Gasteiger partial charge in [-0.2, -0.15) is 0 Å². The lowest BCUT2D eigenvalue weighted by Crippen LogP contribution is -2.25. The van der Waals surface area contributed by atoms with Crippen molar-refractivity contribution in [2.45, 2.75) is 18.9 Å². The van der Waals surface area contributed by atoms with Crippen molar-refractivity contribution in [2.75, 3.05) is 6.61 Å². The zero-order valence-corrected chi connectivity index (χ0v) is 9.72. The smallest absolute Gasteiger partial charge is 0.0595 e. The average molecular weight is 246 g/mol. The molecule has 1 fully saturated rings. The molecule has 2 rings (SSSR count). The zero-order valence-electron chi connectivity index (χ0n) is 8.21. The third-order valence-corrected chi connectivity index (χ3v) is 3.91. The molecule has 0 aliphatic heterocycles. The van der Waals surface area contributed by atoms with Crippen LogP contribution in [-0.4, -0.2) is 11.7 Å². The number of aliphatic hydroxyl groups excluding tert-OH is 1. The first-order chi connectivity index (χ1) is 7.09. The summed E-state index contributed by atoms with van der Waals surface area (Å²) in [6.07, 6.45) is 1.95. The average Bonchev–Trinajstić information content (AvgIpc) is 3.02. The predicted octanol–water partition coefficient (Wildman–Crippen LogP) is 2.77. The van der Waals surface area contributed by atoms with Crippen molar-refractivity contribution in [3.63, 3.8) is 0 Å². The Labute approximate surface area is 99.0 Å². The van der Waals surface area contributed by atoms with Gasteiger partial charge in [0.1, 0.15) is 0 Å². The molecule has 3 N–H and O–H groups in total. The van der Waals surface area contributed by atoms with Crippen molar-refractivity contribution in [2.24, 2.45) is 11.1 Å². The molecule has 0 aromatic heterocycles. The van der Waals surface area contributed by atoms with Gasteiger partial charge in [-0.15, -0.1) is 0 Å². The van der Waals surface area contributed by atoms with Gasteiger partial charge in [0.05, 0.1) is 16.7 Å². The normalized spacial score (nSPS) is 20.0. The lowest BCUT2D eigenvalue weighted by atomic mass is 9.92. The van der Waals surface area contributed by atoms with Gasteiger partial charge in [-0.05, 0) is 30.5 Å². The van der Waals surface area contributed by atoms with E-state index in [4.69, 9.17) is 28.9 Å². The topological polar surface area (TPSA) is 46.2 Å². The Morgan fingerprint density at radius 3 is 2.47 bits per heavy atom. The van der Waals surface area contributed by atoms with Crippen LogP contribution in [0.5, 0.6) is 0 Å². The molecule has 1 aromatic carbocycles. The number of hydrogen-bond acceptors (Lipinski definition) is 2.